The summed E-state index contributed by atoms with van der Waals surface area (Å²) in [5.41, 5.74) is 8.16. The number of H-pyrrole nitrogens is 1. The number of nitrogen functional groups attached to an aromatic ring is 1. The average molecular weight is 228 g/mol. The first-order valence-electron chi connectivity index (χ1n) is 5.46. The molecule has 3 N–H and O–H groups in total. The fourth-order valence-electron chi connectivity index (χ4n) is 2.16. The van der Waals surface area contributed by atoms with Crippen molar-refractivity contribution in [2.24, 2.45) is 0 Å². The van der Waals surface area contributed by atoms with Gasteiger partial charge in [-0.2, -0.15) is 0 Å². The van der Waals surface area contributed by atoms with Crippen LogP contribution in [-0.4, -0.2) is 22.4 Å². The van der Waals surface area contributed by atoms with Crippen LogP contribution < -0.4 is 10.6 Å². The Hall–Kier alpha value is -2.30. The van der Waals surface area contributed by atoms with Gasteiger partial charge in [0.25, 0.3) is 5.91 Å². The van der Waals surface area contributed by atoms with E-state index in [1.165, 1.54) is 11.9 Å². The number of para-hydroxylation sites is 1. The second-order valence-electron chi connectivity index (χ2n) is 4.00. The van der Waals surface area contributed by atoms with Gasteiger partial charge in [-0.25, -0.2) is 4.98 Å². The summed E-state index contributed by atoms with van der Waals surface area (Å²) in [7, 11) is 0. The molecule has 0 aliphatic carbocycles. The van der Waals surface area contributed by atoms with Gasteiger partial charge in [-0.05, 0) is 18.1 Å². The number of rotatable bonds is 1. The number of carbonyl (C=O) groups excluding carboxylic acids is 1. The number of nitrogens with zero attached hydrogens (tertiary/aromatic N) is 2. The molecule has 0 radical (unpaired) electrons. The maximum absolute atomic E-state index is 12.3. The van der Waals surface area contributed by atoms with Gasteiger partial charge in [0.05, 0.1) is 6.33 Å². The van der Waals surface area contributed by atoms with Gasteiger partial charge in [-0.15, -0.1) is 0 Å². The average Bonchev–Trinajstić information content (AvgIpc) is 2.94. The van der Waals surface area contributed by atoms with Crippen molar-refractivity contribution in [3.05, 3.63) is 41.9 Å². The highest BCUT2D eigenvalue weighted by Crippen LogP contribution is 2.29. The van der Waals surface area contributed by atoms with Crippen LogP contribution in [0.25, 0.3) is 0 Å². The Morgan fingerprint density at radius 2 is 2.24 bits per heavy atom. The van der Waals surface area contributed by atoms with Crippen molar-refractivity contribution in [3.8, 4) is 0 Å². The predicted octanol–water partition coefficient (Wildman–Crippen LogP) is 1.19. The van der Waals surface area contributed by atoms with E-state index in [-0.39, 0.29) is 11.7 Å². The van der Waals surface area contributed by atoms with Crippen LogP contribution in [0.2, 0.25) is 0 Å². The van der Waals surface area contributed by atoms with Crippen molar-refractivity contribution < 1.29 is 4.79 Å². The molecule has 5 nitrogen and oxygen atoms in total. The smallest absolute Gasteiger partial charge is 0.278 e. The van der Waals surface area contributed by atoms with Crippen molar-refractivity contribution in [2.45, 2.75) is 6.42 Å². The number of carbonyl (C=O) groups is 1. The van der Waals surface area contributed by atoms with E-state index in [2.05, 4.69) is 9.97 Å². The van der Waals surface area contributed by atoms with Crippen molar-refractivity contribution >= 4 is 17.4 Å². The topological polar surface area (TPSA) is 75.0 Å². The standard InChI is InChI=1S/C12H12N4O/c13-11-10(14-7-15-11)12(17)16-6-5-8-3-1-2-4-9(8)16/h1-4,7H,5-6,13H2,(H,14,15). The van der Waals surface area contributed by atoms with E-state index in [4.69, 9.17) is 5.73 Å². The summed E-state index contributed by atoms with van der Waals surface area (Å²) in [5.74, 6) is 0.129. The lowest BCUT2D eigenvalue weighted by Gasteiger charge is -2.16. The number of nitrogens with two attached hydrogens (primary N) is 1. The van der Waals surface area contributed by atoms with E-state index >= 15 is 0 Å². The number of imidazole rings is 1. The van der Waals surface area contributed by atoms with Crippen LogP contribution >= 0.6 is 0 Å². The zero-order valence-electron chi connectivity index (χ0n) is 9.18. The first-order valence-corrected chi connectivity index (χ1v) is 5.46. The molecule has 17 heavy (non-hydrogen) atoms. The molecule has 3 rings (SSSR count). The molecule has 0 saturated heterocycles. The Morgan fingerprint density at radius 3 is 3.00 bits per heavy atom. The minimum atomic E-state index is -0.120. The second-order valence-corrected chi connectivity index (χ2v) is 4.00. The zero-order valence-corrected chi connectivity index (χ0v) is 9.18. The minimum absolute atomic E-state index is 0.120. The normalized spacial score (nSPS) is 13.8. The van der Waals surface area contributed by atoms with Crippen LogP contribution in [0.3, 0.4) is 0 Å². The molecule has 0 bridgehead atoms. The molecular formula is C12H12N4O. The third-order valence-electron chi connectivity index (χ3n) is 3.01. The lowest BCUT2D eigenvalue weighted by molar-refractivity contribution is 0.0986. The molecule has 0 unspecified atom stereocenters. The van der Waals surface area contributed by atoms with Gasteiger partial charge < -0.3 is 15.6 Å². The highest BCUT2D eigenvalue weighted by Gasteiger charge is 2.27. The maximum Gasteiger partial charge on any atom is 0.278 e. The van der Waals surface area contributed by atoms with Gasteiger partial charge in [0, 0.05) is 12.2 Å². The largest absolute Gasteiger partial charge is 0.382 e. The molecule has 1 aliphatic heterocycles. The van der Waals surface area contributed by atoms with Crippen molar-refractivity contribution in [1.82, 2.24) is 9.97 Å². The summed E-state index contributed by atoms with van der Waals surface area (Å²) in [6.45, 7) is 0.691. The number of benzene rings is 1. The van der Waals surface area contributed by atoms with Gasteiger partial charge in [-0.1, -0.05) is 18.2 Å². The van der Waals surface area contributed by atoms with Crippen LogP contribution in [0, 0.1) is 0 Å². The lowest BCUT2D eigenvalue weighted by atomic mass is 10.2. The van der Waals surface area contributed by atoms with E-state index in [1.807, 2.05) is 24.3 Å². The SMILES string of the molecule is Nc1nc[nH]c1C(=O)N1CCc2ccccc21. The summed E-state index contributed by atoms with van der Waals surface area (Å²) < 4.78 is 0. The molecule has 1 amide bonds. The zero-order chi connectivity index (χ0) is 11.8. The van der Waals surface area contributed by atoms with Crippen LogP contribution in [0.1, 0.15) is 16.1 Å². The number of aromatic amines is 1. The molecule has 2 aromatic rings. The molecule has 1 aromatic carbocycles. The summed E-state index contributed by atoms with van der Waals surface area (Å²) in [5, 5.41) is 0. The fraction of sp³-hybridized carbons (Fsp3) is 0.167. The van der Waals surface area contributed by atoms with Crippen LogP contribution in [-0.2, 0) is 6.42 Å². The summed E-state index contributed by atoms with van der Waals surface area (Å²) in [4.78, 5) is 20.6. The third-order valence-corrected chi connectivity index (χ3v) is 3.01. The van der Waals surface area contributed by atoms with Gasteiger partial charge in [0.2, 0.25) is 0 Å². The molecule has 5 heteroatoms. The third kappa shape index (κ3) is 1.47. The number of hydrogen-bond donors (Lipinski definition) is 2. The Balaban J connectivity index is 1.98. The van der Waals surface area contributed by atoms with Gasteiger partial charge in [0.1, 0.15) is 5.69 Å². The molecule has 0 atom stereocenters. The highest BCUT2D eigenvalue weighted by molar-refractivity contribution is 6.08. The molecule has 0 spiro atoms. The van der Waals surface area contributed by atoms with E-state index in [1.54, 1.807) is 4.90 Å². The number of aromatic nitrogens is 2. The van der Waals surface area contributed by atoms with E-state index in [0.717, 1.165) is 12.1 Å². The molecule has 1 aromatic heterocycles. The molecule has 86 valence electrons. The number of hydrogen-bond acceptors (Lipinski definition) is 3. The Morgan fingerprint density at radius 1 is 1.41 bits per heavy atom. The first-order chi connectivity index (χ1) is 8.27. The molecule has 0 fully saturated rings. The van der Waals surface area contributed by atoms with Crippen LogP contribution in [0.15, 0.2) is 30.6 Å². The van der Waals surface area contributed by atoms with Gasteiger partial charge in [-0.3, -0.25) is 4.79 Å². The Bertz CT molecular complexity index is 575. The van der Waals surface area contributed by atoms with Gasteiger partial charge in [0.15, 0.2) is 5.82 Å². The second kappa shape index (κ2) is 3.62. The quantitative estimate of drug-likeness (QED) is 0.770. The number of amides is 1. The van der Waals surface area contributed by atoms with E-state index < -0.39 is 0 Å². The monoisotopic (exact) mass is 228 g/mol. The molecular weight excluding hydrogens is 216 g/mol. The maximum atomic E-state index is 12.3. The van der Waals surface area contributed by atoms with Crippen molar-refractivity contribution in [2.75, 3.05) is 17.2 Å². The lowest BCUT2D eigenvalue weighted by Crippen LogP contribution is -2.29. The molecule has 2 heterocycles. The number of fused-ring (bicyclic) bond motifs is 1. The predicted molar refractivity (Wildman–Crippen MR) is 64.8 cm³/mol. The summed E-state index contributed by atoms with van der Waals surface area (Å²) in [6, 6.07) is 7.91. The fourth-order valence-corrected chi connectivity index (χ4v) is 2.16. The number of anilines is 2. The Kier molecular flexibility index (Phi) is 2.11. The number of nitrogens with one attached hydrogen (secondary N) is 1. The highest BCUT2D eigenvalue weighted by atomic mass is 16.2. The van der Waals surface area contributed by atoms with E-state index in [9.17, 15) is 4.79 Å². The van der Waals surface area contributed by atoms with E-state index in [0.29, 0.717) is 12.2 Å². The van der Waals surface area contributed by atoms with Crippen molar-refractivity contribution in [3.63, 3.8) is 0 Å². The van der Waals surface area contributed by atoms with Crippen LogP contribution in [0.5, 0.6) is 0 Å². The molecule has 0 saturated carbocycles. The first kappa shape index (κ1) is 9.89. The van der Waals surface area contributed by atoms with Gasteiger partial charge >= 0.3 is 0 Å². The van der Waals surface area contributed by atoms with Crippen molar-refractivity contribution in [1.29, 1.82) is 0 Å². The van der Waals surface area contributed by atoms with Crippen LogP contribution in [0.4, 0.5) is 11.5 Å². The Labute approximate surface area is 98.3 Å². The minimum Gasteiger partial charge on any atom is -0.382 e. The summed E-state index contributed by atoms with van der Waals surface area (Å²) in [6.07, 6.45) is 2.32. The summed E-state index contributed by atoms with van der Waals surface area (Å²) >= 11 is 0. The molecule has 1 aliphatic rings.